The number of aryl methyl sites for hydroxylation is 1. The molecule has 0 aliphatic heterocycles. The molecular weight excluding hydrogens is 763 g/mol. The fourth-order valence-electron chi connectivity index (χ4n) is 6.27. The monoisotopic (exact) mass is 808 g/mol. The molecule has 56 heavy (non-hydrogen) atoms. The lowest BCUT2D eigenvalue weighted by Gasteiger charge is -2.31. The smallest absolute Gasteiger partial charge is 0.368 e. The van der Waals surface area contributed by atoms with Gasteiger partial charge in [-0.05, 0) is 93.1 Å². The molecule has 0 fully saturated rings. The summed E-state index contributed by atoms with van der Waals surface area (Å²) in [5.41, 5.74) is 16.1. The largest absolute Gasteiger partial charge is 0.417 e. The van der Waals surface area contributed by atoms with Gasteiger partial charge in [-0.15, -0.1) is 0 Å². The number of carbonyl (C=O) groups excluding carboxylic acids is 3. The van der Waals surface area contributed by atoms with Crippen LogP contribution in [-0.4, -0.2) is 70.9 Å². The van der Waals surface area contributed by atoms with E-state index in [0.29, 0.717) is 49.2 Å². The number of aromatic nitrogens is 2. The molecule has 2 heterocycles. The summed E-state index contributed by atoms with van der Waals surface area (Å²) in [7, 11) is 1.45. The first-order chi connectivity index (χ1) is 26.5. The first-order valence-corrected chi connectivity index (χ1v) is 18.7. The van der Waals surface area contributed by atoms with Crippen LogP contribution in [0.3, 0.4) is 0 Å². The second kappa shape index (κ2) is 19.5. The Morgan fingerprint density at radius 3 is 2.27 bits per heavy atom. The molecule has 3 amide bonds. The highest BCUT2D eigenvalue weighted by Gasteiger charge is 2.40. The van der Waals surface area contributed by atoms with E-state index >= 15 is 0 Å². The Hall–Kier alpha value is -4.65. The highest BCUT2D eigenvalue weighted by atomic mass is 32.2. The van der Waals surface area contributed by atoms with Crippen molar-refractivity contribution in [3.05, 3.63) is 88.7 Å². The van der Waals surface area contributed by atoms with Crippen LogP contribution in [0.5, 0.6) is 0 Å². The van der Waals surface area contributed by atoms with Crippen molar-refractivity contribution >= 4 is 40.4 Å². The molecule has 9 N–H and O–H groups in total. The molecule has 3 atom stereocenters. The zero-order valence-corrected chi connectivity index (χ0v) is 31.7. The lowest BCUT2D eigenvalue weighted by Crippen LogP contribution is -2.56. The van der Waals surface area contributed by atoms with E-state index < -0.39 is 64.2 Å². The van der Waals surface area contributed by atoms with Gasteiger partial charge in [-0.1, -0.05) is 36.0 Å². The average Bonchev–Trinajstić information content (AvgIpc) is 3.55. The number of hydrogen-bond acceptors (Lipinski definition) is 8. The molecule has 4 rings (SSSR count). The lowest BCUT2D eigenvalue weighted by atomic mass is 10.0. The van der Waals surface area contributed by atoms with Crippen molar-refractivity contribution in [3.8, 4) is 0 Å². The van der Waals surface area contributed by atoms with Gasteiger partial charge in [-0.2, -0.15) is 26.3 Å². The molecule has 0 aliphatic rings. The number of pyridine rings is 1. The molecule has 4 aromatic rings. The van der Waals surface area contributed by atoms with Gasteiger partial charge in [-0.3, -0.25) is 14.4 Å². The van der Waals surface area contributed by atoms with Crippen LogP contribution in [0.4, 0.5) is 26.3 Å². The maximum atomic E-state index is 14.1. The van der Waals surface area contributed by atoms with Crippen LogP contribution in [-0.2, 0) is 39.7 Å². The number of alkyl halides is 6. The topological polar surface area (TPSA) is 185 Å². The molecule has 0 saturated carbocycles. The molecule has 0 unspecified atom stereocenters. The van der Waals surface area contributed by atoms with E-state index in [1.807, 2.05) is 24.3 Å². The molecule has 0 radical (unpaired) electrons. The summed E-state index contributed by atoms with van der Waals surface area (Å²) in [5.74, 6) is -1.85. The number of amides is 3. The summed E-state index contributed by atoms with van der Waals surface area (Å²) in [6.45, 7) is 1.65. The van der Waals surface area contributed by atoms with Crippen molar-refractivity contribution in [3.63, 3.8) is 0 Å². The normalized spacial score (nSPS) is 13.7. The van der Waals surface area contributed by atoms with E-state index in [4.69, 9.17) is 17.2 Å². The lowest BCUT2D eigenvalue weighted by molar-refractivity contribution is -0.144. The van der Waals surface area contributed by atoms with Crippen molar-refractivity contribution in [2.45, 2.75) is 92.4 Å². The van der Waals surface area contributed by atoms with E-state index in [9.17, 15) is 40.7 Å². The second-order valence-electron chi connectivity index (χ2n) is 13.4. The van der Waals surface area contributed by atoms with Crippen LogP contribution >= 0.6 is 11.8 Å². The number of aromatic amines is 1. The predicted molar refractivity (Wildman–Crippen MR) is 201 cm³/mol. The summed E-state index contributed by atoms with van der Waals surface area (Å²) >= 11 is 0.568. The SMILES string of the molecule is Cc1cc(C(F)(F)F)cc(C(F)(F)F)c1Sc1ncccc1CN[C@@H](CCCN)C(=O)N[C@@H](CCCCN)C(=O)N(C)[C@@H](Cc1c[nH]c2ccccc12)C(N)=O. The molecule has 0 aliphatic carbocycles. The molecule has 11 nitrogen and oxygen atoms in total. The minimum Gasteiger partial charge on any atom is -0.368 e. The van der Waals surface area contributed by atoms with Crippen molar-refractivity contribution < 1.29 is 40.7 Å². The van der Waals surface area contributed by atoms with Crippen LogP contribution in [0.2, 0.25) is 0 Å². The standard InChI is InChI=1S/C38H46F6N8O3S/c1-22-17-25(37(39,40)41)19-27(38(42,43)44)32(22)56-35-23(9-8-16-48-35)20-50-29(13-7-15-46)34(54)51-30(12-5-6-14-45)36(55)52(2)31(33(47)53)18-24-21-49-28-11-4-3-10-26(24)28/h3-4,8-11,16-17,19,21,29-31,49-50H,5-7,12-15,18,20,45-46H2,1-2H3,(H2,47,53)(H,51,54)/t29-,30-,31-/m0/s1. The zero-order valence-electron chi connectivity index (χ0n) is 30.9. The second-order valence-corrected chi connectivity index (χ2v) is 14.4. The Morgan fingerprint density at radius 2 is 1.61 bits per heavy atom. The van der Waals surface area contributed by atoms with Crippen molar-refractivity contribution in [1.82, 2.24) is 25.5 Å². The van der Waals surface area contributed by atoms with E-state index in [1.54, 1.807) is 12.3 Å². The molecule has 304 valence electrons. The Labute approximate surface area is 324 Å². The number of halogens is 6. The summed E-state index contributed by atoms with van der Waals surface area (Å²) in [6, 6.07) is 8.26. The third-order valence-corrected chi connectivity index (χ3v) is 10.6. The third-order valence-electron chi connectivity index (χ3n) is 9.30. The number of primary amides is 1. The number of rotatable bonds is 19. The van der Waals surface area contributed by atoms with Crippen LogP contribution in [0, 0.1) is 6.92 Å². The number of H-pyrrole nitrogens is 1. The Balaban J connectivity index is 1.55. The van der Waals surface area contributed by atoms with Crippen molar-refractivity contribution in [1.29, 1.82) is 0 Å². The van der Waals surface area contributed by atoms with E-state index in [1.165, 1.54) is 24.2 Å². The van der Waals surface area contributed by atoms with Gasteiger partial charge in [0.05, 0.1) is 17.2 Å². The van der Waals surface area contributed by atoms with Crippen LogP contribution in [0.15, 0.2) is 70.8 Å². The highest BCUT2D eigenvalue weighted by molar-refractivity contribution is 7.99. The van der Waals surface area contributed by atoms with Gasteiger partial charge in [-0.25, -0.2) is 4.98 Å². The third kappa shape index (κ3) is 11.5. The van der Waals surface area contributed by atoms with Gasteiger partial charge in [0, 0.05) is 48.2 Å². The number of unbranched alkanes of at least 4 members (excludes halogenated alkanes) is 1. The summed E-state index contributed by atoms with van der Waals surface area (Å²) in [6.07, 6.45) is -5.04. The Morgan fingerprint density at radius 1 is 0.911 bits per heavy atom. The van der Waals surface area contributed by atoms with Gasteiger partial charge in [0.1, 0.15) is 17.1 Å². The predicted octanol–water partition coefficient (Wildman–Crippen LogP) is 5.43. The maximum Gasteiger partial charge on any atom is 0.417 e. The quantitative estimate of drug-likeness (QED) is 0.0536. The molecule has 2 aromatic carbocycles. The number of carbonyl (C=O) groups is 3. The number of para-hydroxylation sites is 1. The van der Waals surface area contributed by atoms with Crippen molar-refractivity contribution in [2.24, 2.45) is 17.2 Å². The van der Waals surface area contributed by atoms with E-state index in [2.05, 4.69) is 20.6 Å². The first kappa shape index (κ1) is 44.1. The number of fused-ring (bicyclic) bond motifs is 1. The van der Waals surface area contributed by atoms with Crippen LogP contribution in [0.25, 0.3) is 10.9 Å². The number of likely N-dealkylation sites (N-methyl/N-ethyl adjacent to an activating group) is 1. The number of nitrogens with two attached hydrogens (primary N) is 3. The fraction of sp³-hybridized carbons (Fsp3) is 0.421. The fourth-order valence-corrected chi connectivity index (χ4v) is 7.35. The van der Waals surface area contributed by atoms with Gasteiger partial charge < -0.3 is 37.7 Å². The molecule has 0 bridgehead atoms. The van der Waals surface area contributed by atoms with E-state index in [0.717, 1.165) is 23.4 Å². The van der Waals surface area contributed by atoms with Crippen LogP contribution < -0.4 is 27.8 Å². The number of nitrogens with one attached hydrogen (secondary N) is 3. The number of nitrogens with zero attached hydrogens (tertiary/aromatic N) is 2. The van der Waals surface area contributed by atoms with E-state index in [-0.39, 0.29) is 49.0 Å². The first-order valence-electron chi connectivity index (χ1n) is 17.9. The maximum absolute atomic E-state index is 14.1. The summed E-state index contributed by atoms with van der Waals surface area (Å²) in [4.78, 5) is 48.8. The molecule has 0 saturated heterocycles. The van der Waals surface area contributed by atoms with Gasteiger partial charge >= 0.3 is 12.4 Å². The molecular formula is C38H46F6N8O3S. The average molecular weight is 809 g/mol. The molecule has 18 heteroatoms. The summed E-state index contributed by atoms with van der Waals surface area (Å²) < 4.78 is 82.5. The van der Waals surface area contributed by atoms with Crippen LogP contribution in [0.1, 0.15) is 59.9 Å². The van der Waals surface area contributed by atoms with Gasteiger partial charge in [0.25, 0.3) is 0 Å². The van der Waals surface area contributed by atoms with Gasteiger partial charge in [0.15, 0.2) is 0 Å². The minimum absolute atomic E-state index is 0.0792. The Bertz CT molecular complexity index is 1970. The number of hydrogen-bond donors (Lipinski definition) is 6. The zero-order chi connectivity index (χ0) is 41.2. The minimum atomic E-state index is -5.09. The van der Waals surface area contributed by atoms with Crippen molar-refractivity contribution in [2.75, 3.05) is 20.1 Å². The number of benzene rings is 2. The highest BCUT2D eigenvalue weighted by Crippen LogP contribution is 2.44. The van der Waals surface area contributed by atoms with Gasteiger partial charge in [0.2, 0.25) is 17.7 Å². The Kier molecular flexibility index (Phi) is 15.3. The molecule has 0 spiro atoms. The summed E-state index contributed by atoms with van der Waals surface area (Å²) in [5, 5.41) is 6.86. The molecule has 2 aromatic heterocycles.